The van der Waals surface area contributed by atoms with Crippen molar-refractivity contribution in [3.63, 3.8) is 0 Å². The van der Waals surface area contributed by atoms with Gasteiger partial charge in [-0.1, -0.05) is 60.7 Å². The molecule has 146 valence electrons. The molecular weight excluding hydrogens is 372 g/mol. The third kappa shape index (κ3) is 4.45. The average Bonchev–Trinajstić information content (AvgIpc) is 3.30. The quantitative estimate of drug-likeness (QED) is 0.501. The molecule has 0 aliphatic heterocycles. The van der Waals surface area contributed by atoms with Crippen LogP contribution in [0.4, 0.5) is 0 Å². The molecule has 4 aromatic rings. The van der Waals surface area contributed by atoms with E-state index in [0.29, 0.717) is 23.4 Å². The van der Waals surface area contributed by atoms with E-state index < -0.39 is 0 Å². The minimum atomic E-state index is -0.313. The molecule has 4 rings (SSSR count). The molecule has 5 heteroatoms. The van der Waals surface area contributed by atoms with E-state index in [0.717, 1.165) is 16.8 Å². The highest BCUT2D eigenvalue weighted by atomic mass is 16.1. The highest BCUT2D eigenvalue weighted by Crippen LogP contribution is 2.22. The molecule has 2 N–H and O–H groups in total. The molecule has 1 amide bonds. The Balaban J connectivity index is 1.61. The SMILES string of the molecule is N#Cc1ccc(-c2c[nH]c([C@H](Cc3ccccc3)NC(=O)c3ccccc3)n2)cc1. The fourth-order valence-electron chi connectivity index (χ4n) is 3.28. The van der Waals surface area contributed by atoms with Crippen LogP contribution in [0.5, 0.6) is 0 Å². The molecular formula is C25H20N4O. The van der Waals surface area contributed by atoms with Crippen molar-refractivity contribution in [1.82, 2.24) is 15.3 Å². The second kappa shape index (κ2) is 8.89. The van der Waals surface area contributed by atoms with Crippen molar-refractivity contribution >= 4 is 5.91 Å². The molecule has 0 spiro atoms. The molecule has 0 saturated carbocycles. The van der Waals surface area contributed by atoms with Gasteiger partial charge in [-0.2, -0.15) is 5.26 Å². The Bertz CT molecular complexity index is 1160. The summed E-state index contributed by atoms with van der Waals surface area (Å²) in [5.41, 5.74) is 3.99. The van der Waals surface area contributed by atoms with Crippen molar-refractivity contribution in [2.75, 3.05) is 0 Å². The lowest BCUT2D eigenvalue weighted by atomic mass is 10.0. The number of nitrogens with one attached hydrogen (secondary N) is 2. The van der Waals surface area contributed by atoms with Crippen molar-refractivity contribution in [2.24, 2.45) is 0 Å². The number of H-pyrrole nitrogens is 1. The maximum atomic E-state index is 12.8. The highest BCUT2D eigenvalue weighted by molar-refractivity contribution is 5.94. The minimum Gasteiger partial charge on any atom is -0.346 e. The van der Waals surface area contributed by atoms with Gasteiger partial charge in [-0.15, -0.1) is 0 Å². The molecule has 5 nitrogen and oxygen atoms in total. The van der Waals surface area contributed by atoms with Gasteiger partial charge in [0.15, 0.2) is 0 Å². The molecule has 0 unspecified atom stereocenters. The zero-order valence-electron chi connectivity index (χ0n) is 16.2. The Morgan fingerprint density at radius 3 is 2.30 bits per heavy atom. The number of amides is 1. The largest absolute Gasteiger partial charge is 0.346 e. The first-order valence-corrected chi connectivity index (χ1v) is 9.68. The number of carbonyl (C=O) groups is 1. The molecule has 0 aliphatic carbocycles. The van der Waals surface area contributed by atoms with E-state index in [-0.39, 0.29) is 11.9 Å². The average molecular weight is 392 g/mol. The Morgan fingerprint density at radius 2 is 1.63 bits per heavy atom. The van der Waals surface area contributed by atoms with Gasteiger partial charge in [-0.25, -0.2) is 4.98 Å². The normalized spacial score (nSPS) is 11.4. The number of hydrogen-bond donors (Lipinski definition) is 2. The second-order valence-corrected chi connectivity index (χ2v) is 6.94. The van der Waals surface area contributed by atoms with E-state index in [9.17, 15) is 4.79 Å². The summed E-state index contributed by atoms with van der Waals surface area (Å²) in [6.07, 6.45) is 2.43. The lowest BCUT2D eigenvalue weighted by molar-refractivity contribution is 0.0935. The Hall–Kier alpha value is -4.17. The van der Waals surface area contributed by atoms with Crippen molar-refractivity contribution in [3.8, 4) is 17.3 Å². The third-order valence-electron chi connectivity index (χ3n) is 4.86. The highest BCUT2D eigenvalue weighted by Gasteiger charge is 2.20. The number of nitrogens with zero attached hydrogens (tertiary/aromatic N) is 2. The van der Waals surface area contributed by atoms with Crippen LogP contribution in [-0.4, -0.2) is 15.9 Å². The number of aromatic amines is 1. The maximum absolute atomic E-state index is 12.8. The first kappa shape index (κ1) is 19.2. The summed E-state index contributed by atoms with van der Waals surface area (Å²) in [5, 5.41) is 12.1. The number of rotatable bonds is 6. The maximum Gasteiger partial charge on any atom is 0.251 e. The zero-order valence-corrected chi connectivity index (χ0v) is 16.2. The van der Waals surface area contributed by atoms with Crippen LogP contribution in [0.2, 0.25) is 0 Å². The van der Waals surface area contributed by atoms with Crippen LogP contribution < -0.4 is 5.32 Å². The lowest BCUT2D eigenvalue weighted by Crippen LogP contribution is -2.30. The van der Waals surface area contributed by atoms with Gasteiger partial charge < -0.3 is 10.3 Å². The van der Waals surface area contributed by atoms with Crippen molar-refractivity contribution in [3.05, 3.63) is 114 Å². The molecule has 1 atom stereocenters. The van der Waals surface area contributed by atoms with Crippen molar-refractivity contribution < 1.29 is 4.79 Å². The summed E-state index contributed by atoms with van der Waals surface area (Å²) in [4.78, 5) is 20.7. The van der Waals surface area contributed by atoms with Gasteiger partial charge in [0.1, 0.15) is 5.82 Å². The van der Waals surface area contributed by atoms with Crippen LogP contribution in [0.1, 0.15) is 33.4 Å². The monoisotopic (exact) mass is 392 g/mol. The van der Waals surface area contributed by atoms with Crippen LogP contribution >= 0.6 is 0 Å². The zero-order chi connectivity index (χ0) is 20.8. The minimum absolute atomic E-state index is 0.146. The smallest absolute Gasteiger partial charge is 0.251 e. The summed E-state index contributed by atoms with van der Waals surface area (Å²) in [7, 11) is 0. The van der Waals surface area contributed by atoms with Crippen LogP contribution in [0.3, 0.4) is 0 Å². The summed E-state index contributed by atoms with van der Waals surface area (Å²) < 4.78 is 0. The summed E-state index contributed by atoms with van der Waals surface area (Å²) in [6, 6.07) is 28.2. The van der Waals surface area contributed by atoms with E-state index in [2.05, 4.69) is 16.4 Å². The van der Waals surface area contributed by atoms with E-state index >= 15 is 0 Å². The third-order valence-corrected chi connectivity index (χ3v) is 4.86. The van der Waals surface area contributed by atoms with Gasteiger partial charge >= 0.3 is 0 Å². The van der Waals surface area contributed by atoms with Crippen molar-refractivity contribution in [1.29, 1.82) is 5.26 Å². The van der Waals surface area contributed by atoms with Gasteiger partial charge in [-0.3, -0.25) is 4.79 Å². The Morgan fingerprint density at radius 1 is 0.967 bits per heavy atom. The fraction of sp³-hybridized carbons (Fsp3) is 0.0800. The van der Waals surface area contributed by atoms with Gasteiger partial charge in [0, 0.05) is 17.3 Å². The van der Waals surface area contributed by atoms with Gasteiger partial charge in [0.05, 0.1) is 23.4 Å². The number of imidazole rings is 1. The molecule has 3 aromatic carbocycles. The summed E-state index contributed by atoms with van der Waals surface area (Å²) in [6.45, 7) is 0. The predicted octanol–water partition coefficient (Wildman–Crippen LogP) is 4.66. The lowest BCUT2D eigenvalue weighted by Gasteiger charge is -2.17. The molecule has 0 radical (unpaired) electrons. The number of benzene rings is 3. The second-order valence-electron chi connectivity index (χ2n) is 6.94. The van der Waals surface area contributed by atoms with Crippen molar-refractivity contribution in [2.45, 2.75) is 12.5 Å². The molecule has 0 bridgehead atoms. The van der Waals surface area contributed by atoms with Crippen LogP contribution in [-0.2, 0) is 6.42 Å². The van der Waals surface area contributed by atoms with Gasteiger partial charge in [0.2, 0.25) is 0 Å². The fourth-order valence-corrected chi connectivity index (χ4v) is 3.28. The van der Waals surface area contributed by atoms with Gasteiger partial charge in [0.25, 0.3) is 5.91 Å². The van der Waals surface area contributed by atoms with Gasteiger partial charge in [-0.05, 0) is 36.2 Å². The first-order valence-electron chi connectivity index (χ1n) is 9.68. The van der Waals surface area contributed by atoms with Crippen LogP contribution in [0, 0.1) is 11.3 Å². The number of hydrogen-bond acceptors (Lipinski definition) is 3. The first-order chi connectivity index (χ1) is 14.7. The van der Waals surface area contributed by atoms with E-state index in [4.69, 9.17) is 10.2 Å². The molecule has 1 heterocycles. The molecule has 0 fully saturated rings. The topological polar surface area (TPSA) is 81.6 Å². The molecule has 30 heavy (non-hydrogen) atoms. The summed E-state index contributed by atoms with van der Waals surface area (Å²) >= 11 is 0. The van der Waals surface area contributed by atoms with E-state index in [1.165, 1.54) is 0 Å². The molecule has 0 aliphatic rings. The Kier molecular flexibility index (Phi) is 5.68. The standard InChI is InChI=1S/C25H20N4O/c26-16-19-11-13-20(14-12-19)23-17-27-24(28-23)22(15-18-7-3-1-4-8-18)29-25(30)21-9-5-2-6-10-21/h1-14,17,22H,15H2,(H,27,28)(H,29,30)/t22-/m0/s1. The molecule has 1 aromatic heterocycles. The van der Waals surface area contributed by atoms with Crippen LogP contribution in [0.15, 0.2) is 91.1 Å². The summed E-state index contributed by atoms with van der Waals surface area (Å²) in [5.74, 6) is 0.537. The van der Waals surface area contributed by atoms with E-state index in [1.807, 2.05) is 66.9 Å². The number of aromatic nitrogens is 2. The Labute approximate surface area is 175 Å². The number of carbonyl (C=O) groups excluding carboxylic acids is 1. The predicted molar refractivity (Wildman–Crippen MR) is 116 cm³/mol. The van der Waals surface area contributed by atoms with Crippen LogP contribution in [0.25, 0.3) is 11.3 Å². The van der Waals surface area contributed by atoms with E-state index in [1.54, 1.807) is 24.3 Å². The number of nitriles is 1. The molecule has 0 saturated heterocycles.